The second-order valence-corrected chi connectivity index (χ2v) is 7.20. The average molecular weight is 400 g/mol. The molecule has 0 aliphatic rings. The zero-order valence-electron chi connectivity index (χ0n) is 17.0. The Labute approximate surface area is 180 Å². The maximum atomic E-state index is 5.97. The normalized spacial score (nSPS) is 11.7. The Bertz CT molecular complexity index is 1460. The van der Waals surface area contributed by atoms with E-state index in [-0.39, 0.29) is 0 Å². The highest BCUT2D eigenvalue weighted by Crippen LogP contribution is 2.32. The van der Waals surface area contributed by atoms with Crippen LogP contribution < -0.4 is 0 Å². The quantitative estimate of drug-likeness (QED) is 0.287. The molecule has 5 rings (SSSR count). The number of allylic oxidation sites excluding steroid dienone is 4. The van der Waals surface area contributed by atoms with Gasteiger partial charge >= 0.3 is 0 Å². The van der Waals surface area contributed by atoms with Crippen LogP contribution in [0.15, 0.2) is 115 Å². The molecule has 0 aliphatic heterocycles. The van der Waals surface area contributed by atoms with Crippen molar-refractivity contribution in [1.82, 2.24) is 9.97 Å². The smallest absolute Gasteiger partial charge is 0.160 e. The Morgan fingerprint density at radius 1 is 0.742 bits per heavy atom. The lowest BCUT2D eigenvalue weighted by atomic mass is 10.1. The van der Waals surface area contributed by atoms with Gasteiger partial charge in [0.1, 0.15) is 11.2 Å². The molecule has 3 aromatic carbocycles. The number of para-hydroxylation sites is 1. The van der Waals surface area contributed by atoms with Gasteiger partial charge in [-0.2, -0.15) is 0 Å². The van der Waals surface area contributed by atoms with Crippen LogP contribution in [0.4, 0.5) is 0 Å². The third-order valence-corrected chi connectivity index (χ3v) is 5.24. The SMILES string of the molecule is C=C/C=C(\C=C)c1cc(-c2ccccc2)nc(-c2ccc3oc4ccccc4c3c2)n1. The highest BCUT2D eigenvalue weighted by Gasteiger charge is 2.13. The van der Waals surface area contributed by atoms with Crippen LogP contribution in [-0.2, 0) is 0 Å². The van der Waals surface area contributed by atoms with Crippen molar-refractivity contribution in [2.24, 2.45) is 0 Å². The standard InChI is InChI=1S/C28H20N2O/c1-3-10-19(4-2)24-18-25(20-11-6-5-7-12-20)30-28(29-24)21-15-16-27-23(17-21)22-13-8-9-14-26(22)31-27/h3-18H,1-2H2/b19-10+. The summed E-state index contributed by atoms with van der Waals surface area (Å²) in [6, 6.07) is 26.2. The van der Waals surface area contributed by atoms with Crippen LogP contribution in [-0.4, -0.2) is 9.97 Å². The Balaban J connectivity index is 1.74. The molecule has 0 amide bonds. The van der Waals surface area contributed by atoms with E-state index in [0.29, 0.717) is 5.82 Å². The molecule has 3 nitrogen and oxygen atoms in total. The highest BCUT2D eigenvalue weighted by atomic mass is 16.3. The van der Waals surface area contributed by atoms with Crippen LogP contribution in [0, 0.1) is 0 Å². The number of hydrogen-bond acceptors (Lipinski definition) is 3. The number of nitrogens with zero attached hydrogens (tertiary/aromatic N) is 2. The van der Waals surface area contributed by atoms with Crippen molar-refractivity contribution in [3.05, 3.63) is 116 Å². The number of benzene rings is 3. The number of hydrogen-bond donors (Lipinski definition) is 0. The van der Waals surface area contributed by atoms with Gasteiger partial charge < -0.3 is 4.42 Å². The lowest BCUT2D eigenvalue weighted by molar-refractivity contribution is 0.669. The van der Waals surface area contributed by atoms with Gasteiger partial charge in [-0.05, 0) is 35.9 Å². The first-order chi connectivity index (χ1) is 15.3. The summed E-state index contributed by atoms with van der Waals surface area (Å²) < 4.78 is 5.97. The second kappa shape index (κ2) is 7.88. The van der Waals surface area contributed by atoms with Gasteiger partial charge in [0, 0.05) is 21.9 Å². The molecule has 3 heteroatoms. The minimum atomic E-state index is 0.653. The summed E-state index contributed by atoms with van der Waals surface area (Å²) in [5.41, 5.74) is 6.24. The summed E-state index contributed by atoms with van der Waals surface area (Å²) in [5.74, 6) is 0.653. The minimum absolute atomic E-state index is 0.653. The van der Waals surface area contributed by atoms with Crippen molar-refractivity contribution in [3.8, 4) is 22.6 Å². The molecule has 148 valence electrons. The fraction of sp³-hybridized carbons (Fsp3) is 0. The lowest BCUT2D eigenvalue weighted by Gasteiger charge is -2.09. The third kappa shape index (κ3) is 3.47. The van der Waals surface area contributed by atoms with Crippen molar-refractivity contribution in [3.63, 3.8) is 0 Å². The van der Waals surface area contributed by atoms with Gasteiger partial charge in [-0.1, -0.05) is 79.9 Å². The Kier molecular flexibility index (Phi) is 4.77. The van der Waals surface area contributed by atoms with Gasteiger partial charge in [0.15, 0.2) is 5.82 Å². The predicted molar refractivity (Wildman–Crippen MR) is 129 cm³/mol. The molecule has 0 aliphatic carbocycles. The summed E-state index contributed by atoms with van der Waals surface area (Å²) in [6.07, 6.45) is 5.43. The van der Waals surface area contributed by atoms with Gasteiger partial charge in [-0.15, -0.1) is 0 Å². The molecule has 31 heavy (non-hydrogen) atoms. The topological polar surface area (TPSA) is 38.9 Å². The van der Waals surface area contributed by atoms with Crippen LogP contribution in [0.25, 0.3) is 50.2 Å². The van der Waals surface area contributed by atoms with Gasteiger partial charge in [-0.25, -0.2) is 9.97 Å². The first-order valence-corrected chi connectivity index (χ1v) is 10.1. The van der Waals surface area contributed by atoms with Crippen molar-refractivity contribution >= 4 is 27.5 Å². The molecule has 0 fully saturated rings. The number of rotatable bonds is 5. The van der Waals surface area contributed by atoms with Crippen LogP contribution >= 0.6 is 0 Å². The summed E-state index contributed by atoms with van der Waals surface area (Å²) in [4.78, 5) is 9.75. The molecule has 5 aromatic rings. The molecule has 0 unspecified atom stereocenters. The Hall–Kier alpha value is -4.24. The van der Waals surface area contributed by atoms with Crippen LogP contribution in [0.2, 0.25) is 0 Å². The first kappa shape index (κ1) is 18.8. The zero-order valence-corrected chi connectivity index (χ0v) is 17.0. The van der Waals surface area contributed by atoms with E-state index in [1.165, 1.54) is 0 Å². The number of furan rings is 1. The van der Waals surface area contributed by atoms with Crippen LogP contribution in [0.5, 0.6) is 0 Å². The fourth-order valence-corrected chi connectivity index (χ4v) is 3.73. The third-order valence-electron chi connectivity index (χ3n) is 5.24. The number of aromatic nitrogens is 2. The summed E-state index contributed by atoms with van der Waals surface area (Å²) in [6.45, 7) is 7.75. The molecule has 0 bridgehead atoms. The molecule has 2 heterocycles. The Morgan fingerprint density at radius 3 is 2.32 bits per heavy atom. The van der Waals surface area contributed by atoms with E-state index in [4.69, 9.17) is 14.4 Å². The van der Waals surface area contributed by atoms with Gasteiger partial charge in [0.2, 0.25) is 0 Å². The molecular formula is C28H20N2O. The molecule has 0 spiro atoms. The van der Waals surface area contributed by atoms with Crippen molar-refractivity contribution in [2.75, 3.05) is 0 Å². The zero-order chi connectivity index (χ0) is 21.2. The maximum Gasteiger partial charge on any atom is 0.160 e. The van der Waals surface area contributed by atoms with Gasteiger partial charge in [-0.3, -0.25) is 0 Å². The van der Waals surface area contributed by atoms with Crippen molar-refractivity contribution in [2.45, 2.75) is 0 Å². The monoisotopic (exact) mass is 400 g/mol. The number of fused-ring (bicyclic) bond motifs is 3. The maximum absolute atomic E-state index is 5.97. The van der Waals surface area contributed by atoms with E-state index in [1.807, 2.05) is 72.8 Å². The molecule has 0 saturated carbocycles. The largest absolute Gasteiger partial charge is 0.456 e. The van der Waals surface area contributed by atoms with E-state index in [2.05, 4.69) is 25.3 Å². The molecule has 0 atom stereocenters. The van der Waals surface area contributed by atoms with Crippen LogP contribution in [0.3, 0.4) is 0 Å². The highest BCUT2D eigenvalue weighted by molar-refractivity contribution is 6.06. The molecular weight excluding hydrogens is 380 g/mol. The molecule has 0 saturated heterocycles. The fourth-order valence-electron chi connectivity index (χ4n) is 3.73. The van der Waals surface area contributed by atoms with E-state index in [9.17, 15) is 0 Å². The second-order valence-electron chi connectivity index (χ2n) is 7.20. The van der Waals surface area contributed by atoms with Crippen molar-refractivity contribution < 1.29 is 4.42 Å². The van der Waals surface area contributed by atoms with E-state index in [0.717, 1.165) is 50.0 Å². The summed E-state index contributed by atoms with van der Waals surface area (Å²) in [7, 11) is 0. The molecule has 0 radical (unpaired) electrons. The molecule has 2 aromatic heterocycles. The van der Waals surface area contributed by atoms with E-state index in [1.54, 1.807) is 12.2 Å². The predicted octanol–water partition coefficient (Wildman–Crippen LogP) is 7.47. The van der Waals surface area contributed by atoms with Gasteiger partial charge in [0.25, 0.3) is 0 Å². The van der Waals surface area contributed by atoms with Crippen molar-refractivity contribution in [1.29, 1.82) is 0 Å². The van der Waals surface area contributed by atoms with Crippen LogP contribution in [0.1, 0.15) is 5.69 Å². The van der Waals surface area contributed by atoms with Gasteiger partial charge in [0.05, 0.1) is 11.4 Å². The van der Waals surface area contributed by atoms with E-state index < -0.39 is 0 Å². The average Bonchev–Trinajstić information content (AvgIpc) is 3.21. The van der Waals surface area contributed by atoms with E-state index >= 15 is 0 Å². The Morgan fingerprint density at radius 2 is 1.52 bits per heavy atom. The first-order valence-electron chi connectivity index (χ1n) is 10.1. The lowest BCUT2D eigenvalue weighted by Crippen LogP contribution is -1.97. The minimum Gasteiger partial charge on any atom is -0.456 e. The summed E-state index contributed by atoms with van der Waals surface area (Å²) >= 11 is 0. The summed E-state index contributed by atoms with van der Waals surface area (Å²) in [5, 5.41) is 2.13. The molecule has 0 N–H and O–H groups in total.